The summed E-state index contributed by atoms with van der Waals surface area (Å²) >= 11 is 0. The highest BCUT2D eigenvalue weighted by Gasteiger charge is 2.19. The van der Waals surface area contributed by atoms with Gasteiger partial charge in [-0.3, -0.25) is 0 Å². The maximum Gasteiger partial charge on any atom is 0.0393 e. The molecule has 0 aromatic heterocycles. The minimum absolute atomic E-state index is 0.780. The van der Waals surface area contributed by atoms with Crippen LogP contribution >= 0.6 is 0 Å². The molecule has 0 bridgehead atoms. The first-order chi connectivity index (χ1) is 18.3. The number of nitrogen functional groups attached to an aromatic ring is 1. The van der Waals surface area contributed by atoms with Gasteiger partial charge in [-0.15, -0.1) is 0 Å². The summed E-state index contributed by atoms with van der Waals surface area (Å²) in [7, 11) is 0. The van der Waals surface area contributed by atoms with Crippen LogP contribution in [0.5, 0.6) is 0 Å². The molecule has 176 valence electrons. The van der Waals surface area contributed by atoms with E-state index in [9.17, 15) is 0 Å². The minimum atomic E-state index is 0.780. The third-order valence-electron chi connectivity index (χ3n) is 6.90. The lowest BCUT2D eigenvalue weighted by Crippen LogP contribution is -1.95. The first-order valence-electron chi connectivity index (χ1n) is 12.6. The molecule has 0 unspecified atom stereocenters. The summed E-state index contributed by atoms with van der Waals surface area (Å²) in [4.78, 5) is 0. The van der Waals surface area contributed by atoms with Gasteiger partial charge in [-0.1, -0.05) is 146 Å². The lowest BCUT2D eigenvalue weighted by molar-refractivity contribution is 1.54. The first-order valence-corrected chi connectivity index (χ1v) is 12.6. The molecule has 0 radical (unpaired) electrons. The van der Waals surface area contributed by atoms with Gasteiger partial charge in [0.15, 0.2) is 0 Å². The lowest BCUT2D eigenvalue weighted by Gasteiger charge is -2.20. The fourth-order valence-electron chi connectivity index (χ4n) is 5.19. The van der Waals surface area contributed by atoms with Crippen molar-refractivity contribution in [1.82, 2.24) is 0 Å². The first kappa shape index (κ1) is 22.6. The zero-order valence-corrected chi connectivity index (χ0v) is 20.5. The smallest absolute Gasteiger partial charge is 0.0393 e. The van der Waals surface area contributed by atoms with Gasteiger partial charge in [0, 0.05) is 11.3 Å². The molecule has 0 saturated heterocycles. The predicted octanol–water partition coefficient (Wildman–Crippen LogP) is 9.60. The number of benzene rings is 6. The summed E-state index contributed by atoms with van der Waals surface area (Å²) in [5.74, 6) is 0. The van der Waals surface area contributed by atoms with Crippen LogP contribution in [0.4, 0.5) is 5.69 Å². The highest BCUT2D eigenvalue weighted by atomic mass is 14.6. The van der Waals surface area contributed by atoms with Gasteiger partial charge in [0.1, 0.15) is 0 Å². The molecule has 0 saturated carbocycles. The molecule has 0 aliphatic rings. The van der Waals surface area contributed by atoms with Crippen molar-refractivity contribution in [2.24, 2.45) is 0 Å². The van der Waals surface area contributed by atoms with Crippen LogP contribution in [-0.2, 0) is 0 Å². The number of rotatable bonds is 5. The average molecular weight is 474 g/mol. The van der Waals surface area contributed by atoms with Crippen LogP contribution in [0, 0.1) is 0 Å². The third kappa shape index (κ3) is 4.32. The van der Waals surface area contributed by atoms with E-state index in [2.05, 4.69) is 133 Å². The van der Waals surface area contributed by atoms with Crippen LogP contribution < -0.4 is 5.73 Å². The van der Waals surface area contributed by atoms with Gasteiger partial charge in [0.2, 0.25) is 0 Å². The number of para-hydroxylation sites is 1. The molecule has 2 N–H and O–H groups in total. The van der Waals surface area contributed by atoms with Crippen molar-refractivity contribution in [3.8, 4) is 55.6 Å². The maximum atomic E-state index is 6.45. The second kappa shape index (κ2) is 10.0. The summed E-state index contributed by atoms with van der Waals surface area (Å²) in [6.07, 6.45) is 0. The second-order valence-corrected chi connectivity index (χ2v) is 9.14. The van der Waals surface area contributed by atoms with Gasteiger partial charge >= 0.3 is 0 Å². The van der Waals surface area contributed by atoms with Crippen molar-refractivity contribution in [3.05, 3.63) is 152 Å². The molecule has 0 spiro atoms. The molecular formula is C36H27N. The Labute approximate surface area is 218 Å². The molecule has 0 aliphatic carbocycles. The molecule has 0 aliphatic heterocycles. The van der Waals surface area contributed by atoms with E-state index in [0.29, 0.717) is 0 Å². The quantitative estimate of drug-likeness (QED) is 0.248. The van der Waals surface area contributed by atoms with E-state index in [4.69, 9.17) is 5.73 Å². The van der Waals surface area contributed by atoms with Gasteiger partial charge in [-0.2, -0.15) is 0 Å². The van der Waals surface area contributed by atoms with E-state index in [1.807, 2.05) is 18.2 Å². The van der Waals surface area contributed by atoms with Crippen LogP contribution in [0.25, 0.3) is 55.6 Å². The van der Waals surface area contributed by atoms with Crippen LogP contribution in [0.15, 0.2) is 152 Å². The van der Waals surface area contributed by atoms with E-state index in [-0.39, 0.29) is 0 Å². The molecule has 37 heavy (non-hydrogen) atoms. The Morgan fingerprint density at radius 3 is 1.14 bits per heavy atom. The van der Waals surface area contributed by atoms with E-state index in [1.165, 1.54) is 38.9 Å². The monoisotopic (exact) mass is 473 g/mol. The van der Waals surface area contributed by atoms with Crippen LogP contribution in [0.3, 0.4) is 0 Å². The summed E-state index contributed by atoms with van der Waals surface area (Å²) in [5.41, 5.74) is 19.0. The molecule has 1 heteroatoms. The van der Waals surface area contributed by atoms with Crippen molar-refractivity contribution in [2.45, 2.75) is 0 Å². The highest BCUT2D eigenvalue weighted by molar-refractivity contribution is 6.02. The Morgan fingerprint density at radius 2 is 0.622 bits per heavy atom. The lowest BCUT2D eigenvalue weighted by atomic mass is 9.83. The second-order valence-electron chi connectivity index (χ2n) is 9.14. The Morgan fingerprint density at radius 1 is 0.270 bits per heavy atom. The topological polar surface area (TPSA) is 26.0 Å². The zero-order valence-electron chi connectivity index (χ0n) is 20.5. The van der Waals surface area contributed by atoms with Crippen LogP contribution in [0.1, 0.15) is 0 Å². The van der Waals surface area contributed by atoms with Crippen LogP contribution in [-0.4, -0.2) is 0 Å². The van der Waals surface area contributed by atoms with E-state index >= 15 is 0 Å². The van der Waals surface area contributed by atoms with Crippen molar-refractivity contribution in [3.63, 3.8) is 0 Å². The standard InChI is InChI=1S/C36H27N/c37-35-25-12-11-21-33(35)31-19-8-7-18-30(31)32-20-9-10-22-34(32)36-28(26-14-3-1-4-15-26)23-13-24-29(36)27-16-5-2-6-17-27/h1-25H,37H2. The third-order valence-corrected chi connectivity index (χ3v) is 6.90. The Hall–Kier alpha value is -4.88. The largest absolute Gasteiger partial charge is 0.398 e. The van der Waals surface area contributed by atoms with E-state index in [1.54, 1.807) is 0 Å². The van der Waals surface area contributed by atoms with Crippen LogP contribution in [0.2, 0.25) is 0 Å². The normalized spacial score (nSPS) is 10.8. The summed E-state index contributed by atoms with van der Waals surface area (Å²) in [6.45, 7) is 0. The fourth-order valence-corrected chi connectivity index (χ4v) is 5.19. The summed E-state index contributed by atoms with van der Waals surface area (Å²) in [6, 6.07) is 53.3. The average Bonchev–Trinajstić information content (AvgIpc) is 2.98. The van der Waals surface area contributed by atoms with Crippen molar-refractivity contribution >= 4 is 5.69 Å². The Bertz CT molecular complexity index is 1610. The number of hydrogen-bond donors (Lipinski definition) is 1. The fraction of sp³-hybridized carbons (Fsp3) is 0. The van der Waals surface area contributed by atoms with Gasteiger partial charge in [-0.05, 0) is 56.1 Å². The van der Waals surface area contributed by atoms with E-state index < -0.39 is 0 Å². The molecule has 0 heterocycles. The molecule has 1 nitrogen and oxygen atoms in total. The van der Waals surface area contributed by atoms with Gasteiger partial charge < -0.3 is 5.73 Å². The van der Waals surface area contributed by atoms with Crippen molar-refractivity contribution < 1.29 is 0 Å². The Kier molecular flexibility index (Phi) is 6.10. The molecular weight excluding hydrogens is 446 g/mol. The highest BCUT2D eigenvalue weighted by Crippen LogP contribution is 2.45. The minimum Gasteiger partial charge on any atom is -0.398 e. The SMILES string of the molecule is Nc1ccccc1-c1ccccc1-c1ccccc1-c1c(-c2ccccc2)cccc1-c1ccccc1. The maximum absolute atomic E-state index is 6.45. The van der Waals surface area contributed by atoms with Gasteiger partial charge in [0.05, 0.1) is 0 Å². The molecule has 0 atom stereocenters. The number of nitrogens with two attached hydrogens (primary N) is 1. The summed E-state index contributed by atoms with van der Waals surface area (Å²) in [5, 5.41) is 0. The van der Waals surface area contributed by atoms with Gasteiger partial charge in [0.25, 0.3) is 0 Å². The number of hydrogen-bond acceptors (Lipinski definition) is 1. The molecule has 0 fully saturated rings. The van der Waals surface area contributed by atoms with Gasteiger partial charge in [-0.25, -0.2) is 0 Å². The molecule has 6 aromatic rings. The molecule has 6 aromatic carbocycles. The zero-order chi connectivity index (χ0) is 25.0. The molecule has 0 amide bonds. The van der Waals surface area contributed by atoms with E-state index in [0.717, 1.165) is 22.4 Å². The Balaban J connectivity index is 1.66. The molecule has 6 rings (SSSR count). The number of anilines is 1. The predicted molar refractivity (Wildman–Crippen MR) is 158 cm³/mol. The van der Waals surface area contributed by atoms with Crippen molar-refractivity contribution in [2.75, 3.05) is 5.73 Å². The summed E-state index contributed by atoms with van der Waals surface area (Å²) < 4.78 is 0. The van der Waals surface area contributed by atoms with Crippen molar-refractivity contribution in [1.29, 1.82) is 0 Å².